The Labute approximate surface area is 119 Å². The molecule has 5 N–H and O–H groups in total. The molecular weight excluding hydrogens is 278 g/mol. The predicted octanol–water partition coefficient (Wildman–Crippen LogP) is 1.10. The number of carbonyl (C=O) groups excluding carboxylic acids is 1. The fourth-order valence-electron chi connectivity index (χ4n) is 1.82. The summed E-state index contributed by atoms with van der Waals surface area (Å²) in [5, 5.41) is 7.74. The molecule has 6 nitrogen and oxygen atoms in total. The lowest BCUT2D eigenvalue weighted by molar-refractivity contribution is -0.116. The van der Waals surface area contributed by atoms with Crippen LogP contribution in [-0.4, -0.2) is 20.4 Å². The van der Waals surface area contributed by atoms with E-state index in [-0.39, 0.29) is 23.3 Å². The van der Waals surface area contributed by atoms with Crippen molar-refractivity contribution in [2.45, 2.75) is 44.0 Å². The first-order valence-electron chi connectivity index (χ1n) is 6.43. The lowest BCUT2D eigenvalue weighted by Gasteiger charge is -2.13. The first-order chi connectivity index (χ1) is 9.24. The van der Waals surface area contributed by atoms with Gasteiger partial charge in [0.25, 0.3) is 0 Å². The number of hydrogen-bond donors (Lipinski definition) is 3. The van der Waals surface area contributed by atoms with Gasteiger partial charge in [0.1, 0.15) is 0 Å². The summed E-state index contributed by atoms with van der Waals surface area (Å²) in [5.41, 5.74) is 6.99. The van der Waals surface area contributed by atoms with Crippen LogP contribution in [0, 0.1) is 6.92 Å². The smallest absolute Gasteiger partial charge is 0.238 e. The SMILES string of the molecule is CCCC(N)CC(=O)Nc1cc(S(N)(=O)=O)ccc1C. The fraction of sp³-hybridized carbons (Fsp3) is 0.462. The van der Waals surface area contributed by atoms with Gasteiger partial charge in [-0.2, -0.15) is 0 Å². The molecule has 0 fully saturated rings. The van der Waals surface area contributed by atoms with Crippen LogP contribution < -0.4 is 16.2 Å². The molecule has 1 atom stereocenters. The monoisotopic (exact) mass is 299 g/mol. The highest BCUT2D eigenvalue weighted by atomic mass is 32.2. The maximum atomic E-state index is 11.8. The number of carbonyl (C=O) groups is 1. The van der Waals surface area contributed by atoms with E-state index >= 15 is 0 Å². The molecule has 0 radical (unpaired) electrons. The maximum absolute atomic E-state index is 11.8. The lowest BCUT2D eigenvalue weighted by atomic mass is 10.1. The van der Waals surface area contributed by atoms with Crippen LogP contribution in [0.1, 0.15) is 31.7 Å². The molecule has 7 heteroatoms. The third-order valence-electron chi connectivity index (χ3n) is 2.92. The Morgan fingerprint density at radius 2 is 2.05 bits per heavy atom. The Bertz CT molecular complexity index is 585. The molecule has 0 aliphatic rings. The third kappa shape index (κ3) is 4.92. The third-order valence-corrected chi connectivity index (χ3v) is 3.83. The van der Waals surface area contributed by atoms with Crippen LogP contribution >= 0.6 is 0 Å². The Morgan fingerprint density at radius 3 is 2.60 bits per heavy atom. The molecule has 0 bridgehead atoms. The Balaban J connectivity index is 2.84. The lowest BCUT2D eigenvalue weighted by Crippen LogP contribution is -2.27. The normalized spacial score (nSPS) is 13.0. The standard InChI is InChI=1S/C13H21N3O3S/c1-3-4-10(14)7-13(17)16-12-8-11(20(15,18)19)6-5-9(12)2/h5-6,8,10H,3-4,7,14H2,1-2H3,(H,16,17)(H2,15,18,19). The van der Waals surface area contributed by atoms with Gasteiger partial charge in [-0.3, -0.25) is 4.79 Å². The van der Waals surface area contributed by atoms with E-state index in [4.69, 9.17) is 10.9 Å². The van der Waals surface area contributed by atoms with Crippen molar-refractivity contribution in [2.24, 2.45) is 10.9 Å². The summed E-state index contributed by atoms with van der Waals surface area (Å²) in [5.74, 6) is -0.236. The van der Waals surface area contributed by atoms with Crippen molar-refractivity contribution in [3.8, 4) is 0 Å². The van der Waals surface area contributed by atoms with Crippen LogP contribution in [0.4, 0.5) is 5.69 Å². The topological polar surface area (TPSA) is 115 Å². The molecule has 0 saturated heterocycles. The molecule has 1 rings (SSSR count). The zero-order valence-corrected chi connectivity index (χ0v) is 12.5. The van der Waals surface area contributed by atoms with E-state index in [1.165, 1.54) is 12.1 Å². The van der Waals surface area contributed by atoms with Crippen molar-refractivity contribution < 1.29 is 13.2 Å². The van der Waals surface area contributed by atoms with E-state index in [2.05, 4.69) is 5.32 Å². The number of nitrogens with one attached hydrogen (secondary N) is 1. The summed E-state index contributed by atoms with van der Waals surface area (Å²) in [6, 6.07) is 4.17. The fourth-order valence-corrected chi connectivity index (χ4v) is 2.36. The van der Waals surface area contributed by atoms with Crippen molar-refractivity contribution in [3.05, 3.63) is 23.8 Å². The number of anilines is 1. The van der Waals surface area contributed by atoms with E-state index in [1.54, 1.807) is 13.0 Å². The first-order valence-corrected chi connectivity index (χ1v) is 7.97. The van der Waals surface area contributed by atoms with Crippen LogP contribution in [0.15, 0.2) is 23.1 Å². The van der Waals surface area contributed by atoms with Gasteiger partial charge in [-0.25, -0.2) is 13.6 Å². The van der Waals surface area contributed by atoms with Gasteiger partial charge in [0.05, 0.1) is 4.90 Å². The minimum atomic E-state index is -3.79. The van der Waals surface area contributed by atoms with Gasteiger partial charge in [0.2, 0.25) is 15.9 Å². The van der Waals surface area contributed by atoms with Crippen molar-refractivity contribution in [2.75, 3.05) is 5.32 Å². The number of primary sulfonamides is 1. The molecule has 0 aliphatic heterocycles. The zero-order valence-electron chi connectivity index (χ0n) is 11.7. The van der Waals surface area contributed by atoms with Gasteiger partial charge in [0.15, 0.2) is 0 Å². The number of sulfonamides is 1. The van der Waals surface area contributed by atoms with Gasteiger partial charge in [-0.05, 0) is 31.0 Å². The van der Waals surface area contributed by atoms with Gasteiger partial charge in [-0.15, -0.1) is 0 Å². The molecular formula is C13H21N3O3S. The summed E-state index contributed by atoms with van der Waals surface area (Å²) in [6.45, 7) is 3.77. The highest BCUT2D eigenvalue weighted by Crippen LogP contribution is 2.19. The minimum absolute atomic E-state index is 0.0312. The van der Waals surface area contributed by atoms with E-state index in [1.807, 2.05) is 6.92 Å². The summed E-state index contributed by atoms with van der Waals surface area (Å²) in [4.78, 5) is 11.8. The van der Waals surface area contributed by atoms with Gasteiger partial charge < -0.3 is 11.1 Å². The molecule has 0 aromatic heterocycles. The zero-order chi connectivity index (χ0) is 15.3. The average Bonchev–Trinajstić information content (AvgIpc) is 2.30. The minimum Gasteiger partial charge on any atom is -0.327 e. The average molecular weight is 299 g/mol. The Hall–Kier alpha value is -1.44. The summed E-state index contributed by atoms with van der Waals surface area (Å²) >= 11 is 0. The molecule has 0 heterocycles. The molecule has 0 spiro atoms. The highest BCUT2D eigenvalue weighted by Gasteiger charge is 2.13. The van der Waals surface area contributed by atoms with Crippen molar-refractivity contribution in [1.82, 2.24) is 0 Å². The maximum Gasteiger partial charge on any atom is 0.238 e. The predicted molar refractivity (Wildman–Crippen MR) is 78.7 cm³/mol. The Morgan fingerprint density at radius 1 is 1.40 bits per heavy atom. The Kier molecular flexibility index (Phi) is 5.67. The van der Waals surface area contributed by atoms with Gasteiger partial charge in [0, 0.05) is 18.2 Å². The van der Waals surface area contributed by atoms with Crippen LogP contribution in [-0.2, 0) is 14.8 Å². The molecule has 20 heavy (non-hydrogen) atoms. The second-order valence-electron chi connectivity index (χ2n) is 4.82. The number of amides is 1. The largest absolute Gasteiger partial charge is 0.327 e. The second kappa shape index (κ2) is 6.83. The second-order valence-corrected chi connectivity index (χ2v) is 6.38. The van der Waals surface area contributed by atoms with Crippen molar-refractivity contribution in [3.63, 3.8) is 0 Å². The molecule has 0 aliphatic carbocycles. The first kappa shape index (κ1) is 16.6. The summed E-state index contributed by atoms with van der Waals surface area (Å²) < 4.78 is 22.6. The number of aryl methyl sites for hydroxylation is 1. The number of nitrogens with two attached hydrogens (primary N) is 2. The molecule has 1 aromatic carbocycles. The van der Waals surface area contributed by atoms with Crippen LogP contribution in [0.2, 0.25) is 0 Å². The molecule has 1 unspecified atom stereocenters. The van der Waals surface area contributed by atoms with E-state index in [0.29, 0.717) is 5.69 Å². The highest BCUT2D eigenvalue weighted by molar-refractivity contribution is 7.89. The van der Waals surface area contributed by atoms with Crippen LogP contribution in [0.3, 0.4) is 0 Å². The van der Waals surface area contributed by atoms with Crippen LogP contribution in [0.25, 0.3) is 0 Å². The molecule has 1 aromatic rings. The van der Waals surface area contributed by atoms with E-state index in [9.17, 15) is 13.2 Å². The van der Waals surface area contributed by atoms with Crippen LogP contribution in [0.5, 0.6) is 0 Å². The van der Waals surface area contributed by atoms with Crippen molar-refractivity contribution in [1.29, 1.82) is 0 Å². The number of benzene rings is 1. The quantitative estimate of drug-likeness (QED) is 0.729. The van der Waals surface area contributed by atoms with Gasteiger partial charge >= 0.3 is 0 Å². The van der Waals surface area contributed by atoms with Gasteiger partial charge in [-0.1, -0.05) is 19.4 Å². The number of hydrogen-bond acceptors (Lipinski definition) is 4. The molecule has 112 valence electrons. The van der Waals surface area contributed by atoms with Crippen molar-refractivity contribution >= 4 is 21.6 Å². The summed E-state index contributed by atoms with van der Waals surface area (Å²) in [7, 11) is -3.79. The van der Waals surface area contributed by atoms with E-state index in [0.717, 1.165) is 18.4 Å². The summed E-state index contributed by atoms with van der Waals surface area (Å²) in [6.07, 6.45) is 1.88. The number of rotatable bonds is 6. The van der Waals surface area contributed by atoms with E-state index < -0.39 is 10.0 Å². The molecule has 1 amide bonds. The molecule has 0 saturated carbocycles.